The second kappa shape index (κ2) is 6.25. The van der Waals surface area contributed by atoms with Gasteiger partial charge in [0.05, 0.1) is 29.9 Å². The summed E-state index contributed by atoms with van der Waals surface area (Å²) in [7, 11) is -3.15. The molecule has 1 saturated carbocycles. The van der Waals surface area contributed by atoms with Crippen LogP contribution in [0.3, 0.4) is 0 Å². The van der Waals surface area contributed by atoms with Gasteiger partial charge in [-0.1, -0.05) is 24.5 Å². The summed E-state index contributed by atoms with van der Waals surface area (Å²) >= 11 is 0. The van der Waals surface area contributed by atoms with Gasteiger partial charge in [-0.3, -0.25) is 0 Å². The van der Waals surface area contributed by atoms with Crippen LogP contribution in [0, 0.1) is 0 Å². The molecular weight excluding hydrogens is 330 g/mol. The van der Waals surface area contributed by atoms with E-state index in [1.54, 1.807) is 21.4 Å². The third-order valence-corrected chi connectivity index (χ3v) is 7.20. The highest BCUT2D eigenvalue weighted by Crippen LogP contribution is 2.31. The zero-order valence-electron chi connectivity index (χ0n) is 13.4. The molecule has 10 heteroatoms. The molecule has 1 aliphatic heterocycles. The molecule has 1 saturated heterocycles. The van der Waals surface area contributed by atoms with E-state index in [0.717, 1.165) is 37.8 Å². The number of aromatic nitrogens is 6. The van der Waals surface area contributed by atoms with Gasteiger partial charge in [0.2, 0.25) is 10.0 Å². The van der Waals surface area contributed by atoms with Crippen molar-refractivity contribution < 1.29 is 8.42 Å². The number of nitrogens with zero attached hydrogens (tertiary/aromatic N) is 7. The average Bonchev–Trinajstić information content (AvgIpc) is 3.19. The lowest BCUT2D eigenvalue weighted by Gasteiger charge is -2.40. The van der Waals surface area contributed by atoms with Crippen LogP contribution in [-0.4, -0.2) is 61.1 Å². The van der Waals surface area contributed by atoms with Crippen molar-refractivity contribution in [1.29, 1.82) is 0 Å². The number of rotatable bonds is 5. The van der Waals surface area contributed by atoms with Crippen LogP contribution < -0.4 is 0 Å². The first kappa shape index (κ1) is 15.7. The lowest BCUT2D eigenvalue weighted by molar-refractivity contribution is 0.185. The summed E-state index contributed by atoms with van der Waals surface area (Å²) < 4.78 is 28.6. The maximum Gasteiger partial charge on any atom is 0.217 e. The molecule has 0 bridgehead atoms. The highest BCUT2D eigenvalue weighted by atomic mass is 32.2. The van der Waals surface area contributed by atoms with Crippen molar-refractivity contribution in [3.63, 3.8) is 0 Å². The molecule has 2 aromatic heterocycles. The summed E-state index contributed by atoms with van der Waals surface area (Å²) in [6, 6.07) is 0.0650. The molecule has 9 nitrogen and oxygen atoms in total. The van der Waals surface area contributed by atoms with Crippen LogP contribution in [0.15, 0.2) is 18.6 Å². The Morgan fingerprint density at radius 2 is 1.79 bits per heavy atom. The van der Waals surface area contributed by atoms with Crippen molar-refractivity contribution in [2.75, 3.05) is 13.1 Å². The van der Waals surface area contributed by atoms with Crippen LogP contribution in [0.2, 0.25) is 0 Å². The number of hydrogen-bond donors (Lipinski definition) is 0. The molecule has 0 unspecified atom stereocenters. The molecule has 0 amide bonds. The minimum Gasteiger partial charge on any atom is -0.246 e. The molecule has 1 aliphatic carbocycles. The van der Waals surface area contributed by atoms with Gasteiger partial charge < -0.3 is 0 Å². The van der Waals surface area contributed by atoms with Crippen LogP contribution in [0.1, 0.15) is 43.8 Å². The average molecular weight is 351 g/mol. The fraction of sp³-hybridized carbons (Fsp3) is 0.714. The van der Waals surface area contributed by atoms with Gasteiger partial charge in [0.15, 0.2) is 0 Å². The van der Waals surface area contributed by atoms with E-state index in [2.05, 4.69) is 20.5 Å². The van der Waals surface area contributed by atoms with Crippen LogP contribution in [0.25, 0.3) is 0 Å². The maximum absolute atomic E-state index is 12.6. The van der Waals surface area contributed by atoms with Gasteiger partial charge in [-0.05, 0) is 12.8 Å². The minimum absolute atomic E-state index is 0.0650. The molecule has 0 aromatic carbocycles. The van der Waals surface area contributed by atoms with Crippen molar-refractivity contribution in [2.24, 2.45) is 0 Å². The third-order valence-electron chi connectivity index (χ3n) is 4.86. The van der Waals surface area contributed by atoms with E-state index in [4.69, 9.17) is 0 Å². The van der Waals surface area contributed by atoms with Crippen molar-refractivity contribution in [1.82, 2.24) is 34.3 Å². The Labute approximate surface area is 140 Å². The molecule has 2 aliphatic rings. The predicted molar refractivity (Wildman–Crippen MR) is 85.5 cm³/mol. The van der Waals surface area contributed by atoms with Gasteiger partial charge in [-0.25, -0.2) is 13.1 Å². The minimum atomic E-state index is -3.15. The highest BCUT2D eigenvalue weighted by molar-refractivity contribution is 7.89. The van der Waals surface area contributed by atoms with Gasteiger partial charge in [0.25, 0.3) is 0 Å². The fourth-order valence-corrected chi connectivity index (χ4v) is 5.51. The highest BCUT2D eigenvalue weighted by Gasteiger charge is 2.41. The van der Waals surface area contributed by atoms with E-state index in [1.807, 2.05) is 6.20 Å². The molecule has 4 rings (SSSR count). The Morgan fingerprint density at radius 3 is 2.50 bits per heavy atom. The standard InChI is InChI=1S/C14H21N7O2S/c22-24(23,14-4-2-1-3-5-14)19-10-13(11-19)20-8-12(17-18-20)9-21-15-6-7-16-21/h6-8,13-14H,1-5,9-11H2. The van der Waals surface area contributed by atoms with Gasteiger partial charge in [-0.2, -0.15) is 19.3 Å². The topological polar surface area (TPSA) is 98.8 Å². The molecule has 2 aromatic rings. The van der Waals surface area contributed by atoms with Gasteiger partial charge in [0, 0.05) is 13.1 Å². The first-order chi connectivity index (χ1) is 11.6. The maximum atomic E-state index is 12.6. The smallest absolute Gasteiger partial charge is 0.217 e. The van der Waals surface area contributed by atoms with E-state index in [0.29, 0.717) is 19.6 Å². The Bertz CT molecular complexity index is 774. The molecule has 0 radical (unpaired) electrons. The van der Waals surface area contributed by atoms with E-state index < -0.39 is 10.0 Å². The van der Waals surface area contributed by atoms with E-state index in [9.17, 15) is 8.42 Å². The molecule has 3 heterocycles. The van der Waals surface area contributed by atoms with Crippen LogP contribution in [0.4, 0.5) is 0 Å². The molecule has 2 fully saturated rings. The SMILES string of the molecule is O=S(=O)(C1CCCCC1)N1CC(n2cc(Cn3nccn3)nn2)C1. The van der Waals surface area contributed by atoms with Gasteiger partial charge in [-0.15, -0.1) is 5.10 Å². The summed E-state index contributed by atoms with van der Waals surface area (Å²) in [4.78, 5) is 1.54. The predicted octanol–water partition coefficient (Wildman–Crippen LogP) is 0.437. The Hall–Kier alpha value is -1.81. The molecule has 24 heavy (non-hydrogen) atoms. The Morgan fingerprint density at radius 1 is 1.08 bits per heavy atom. The summed E-state index contributed by atoms with van der Waals surface area (Å²) in [5.74, 6) is 0. The van der Waals surface area contributed by atoms with Gasteiger partial charge >= 0.3 is 0 Å². The third kappa shape index (κ3) is 2.95. The molecule has 0 atom stereocenters. The molecular formula is C14H21N7O2S. The van der Waals surface area contributed by atoms with E-state index >= 15 is 0 Å². The van der Waals surface area contributed by atoms with Crippen LogP contribution >= 0.6 is 0 Å². The first-order valence-electron chi connectivity index (χ1n) is 8.37. The fourth-order valence-electron chi connectivity index (χ4n) is 3.40. The van der Waals surface area contributed by atoms with E-state index in [-0.39, 0.29) is 11.3 Å². The summed E-state index contributed by atoms with van der Waals surface area (Å²) in [5, 5.41) is 16.1. The zero-order valence-corrected chi connectivity index (χ0v) is 14.2. The monoisotopic (exact) mass is 351 g/mol. The van der Waals surface area contributed by atoms with Crippen LogP contribution in [0.5, 0.6) is 0 Å². The zero-order chi connectivity index (χ0) is 16.6. The molecule has 0 N–H and O–H groups in total. The second-order valence-electron chi connectivity index (χ2n) is 6.53. The summed E-state index contributed by atoms with van der Waals surface area (Å²) in [5.41, 5.74) is 0.764. The van der Waals surface area contributed by atoms with Crippen molar-refractivity contribution >= 4 is 10.0 Å². The number of sulfonamides is 1. The lowest BCUT2D eigenvalue weighted by atomic mass is 10.0. The largest absolute Gasteiger partial charge is 0.246 e. The quantitative estimate of drug-likeness (QED) is 0.775. The second-order valence-corrected chi connectivity index (χ2v) is 8.74. The van der Waals surface area contributed by atoms with Crippen molar-refractivity contribution in [3.8, 4) is 0 Å². The van der Waals surface area contributed by atoms with Crippen molar-refractivity contribution in [3.05, 3.63) is 24.3 Å². The lowest BCUT2D eigenvalue weighted by Crippen LogP contribution is -2.53. The summed E-state index contributed by atoms with van der Waals surface area (Å²) in [6.45, 7) is 1.44. The molecule has 130 valence electrons. The van der Waals surface area contributed by atoms with E-state index in [1.165, 1.54) is 4.80 Å². The normalized spacial score (nSPS) is 21.0. The molecule has 0 spiro atoms. The van der Waals surface area contributed by atoms with Crippen molar-refractivity contribution in [2.45, 2.75) is 49.9 Å². The Kier molecular flexibility index (Phi) is 4.09. The first-order valence-corrected chi connectivity index (χ1v) is 9.87. The van der Waals surface area contributed by atoms with Crippen LogP contribution in [-0.2, 0) is 16.6 Å². The van der Waals surface area contributed by atoms with Gasteiger partial charge in [0.1, 0.15) is 12.2 Å². The Balaban J connectivity index is 1.36. The number of hydrogen-bond acceptors (Lipinski definition) is 6. The summed E-state index contributed by atoms with van der Waals surface area (Å²) in [6.07, 6.45) is 9.88.